The lowest BCUT2D eigenvalue weighted by molar-refractivity contribution is -0.132. The minimum atomic E-state index is -0.861. The second-order valence-electron chi connectivity index (χ2n) is 4.67. The van der Waals surface area contributed by atoms with Crippen molar-refractivity contribution in [3.05, 3.63) is 35.9 Å². The van der Waals surface area contributed by atoms with Crippen molar-refractivity contribution in [3.8, 4) is 0 Å². The van der Waals surface area contributed by atoms with Crippen LogP contribution in [0.4, 0.5) is 0 Å². The number of carbonyl (C=O) groups is 1. The summed E-state index contributed by atoms with van der Waals surface area (Å²) in [6, 6.07) is 9.77. The lowest BCUT2D eigenvalue weighted by atomic mass is 10.1. The zero-order valence-electron chi connectivity index (χ0n) is 10.1. The van der Waals surface area contributed by atoms with Gasteiger partial charge in [0.2, 0.25) is 5.91 Å². The Morgan fingerprint density at radius 3 is 2.31 bits per heavy atom. The lowest BCUT2D eigenvalue weighted by Crippen LogP contribution is -2.40. The number of amides is 1. The number of rotatable bonds is 4. The molecule has 1 amide bonds. The van der Waals surface area contributed by atoms with Crippen LogP contribution in [0.1, 0.15) is 26.3 Å². The fourth-order valence-corrected chi connectivity index (χ4v) is 1.55. The first-order chi connectivity index (χ1) is 7.38. The molecule has 3 heteroatoms. The van der Waals surface area contributed by atoms with Gasteiger partial charge in [-0.05, 0) is 19.4 Å². The Kier molecular flexibility index (Phi) is 4.07. The maximum Gasteiger partial charge on any atom is 0.219 e. The Bertz CT molecular complexity index is 341. The van der Waals surface area contributed by atoms with Gasteiger partial charge in [-0.15, -0.1) is 0 Å². The van der Waals surface area contributed by atoms with Gasteiger partial charge in [0.15, 0.2) is 0 Å². The van der Waals surface area contributed by atoms with Crippen molar-refractivity contribution in [2.75, 3.05) is 6.54 Å². The molecule has 1 aromatic rings. The van der Waals surface area contributed by atoms with Gasteiger partial charge in [-0.2, -0.15) is 0 Å². The van der Waals surface area contributed by atoms with E-state index in [1.54, 1.807) is 18.7 Å². The Morgan fingerprint density at radius 2 is 1.88 bits per heavy atom. The summed E-state index contributed by atoms with van der Waals surface area (Å²) >= 11 is 0. The Morgan fingerprint density at radius 1 is 1.31 bits per heavy atom. The van der Waals surface area contributed by atoms with E-state index in [9.17, 15) is 9.90 Å². The van der Waals surface area contributed by atoms with E-state index < -0.39 is 5.60 Å². The minimum absolute atomic E-state index is 0.0222. The molecule has 0 radical (unpaired) electrons. The Balaban J connectivity index is 2.70. The standard InChI is InChI=1S/C13H19NO2/c1-11(15)14(10-13(2,3)16)9-12-7-5-4-6-8-12/h4-8,16H,9-10H2,1-3H3. The molecular weight excluding hydrogens is 202 g/mol. The van der Waals surface area contributed by atoms with Gasteiger partial charge in [0, 0.05) is 20.0 Å². The van der Waals surface area contributed by atoms with E-state index in [-0.39, 0.29) is 5.91 Å². The van der Waals surface area contributed by atoms with Gasteiger partial charge in [0.1, 0.15) is 0 Å². The van der Waals surface area contributed by atoms with Crippen molar-refractivity contribution in [2.24, 2.45) is 0 Å². The van der Waals surface area contributed by atoms with Crippen LogP contribution in [-0.2, 0) is 11.3 Å². The van der Waals surface area contributed by atoms with Crippen molar-refractivity contribution in [2.45, 2.75) is 32.9 Å². The molecular formula is C13H19NO2. The zero-order valence-corrected chi connectivity index (χ0v) is 10.1. The van der Waals surface area contributed by atoms with E-state index in [4.69, 9.17) is 0 Å². The topological polar surface area (TPSA) is 40.5 Å². The van der Waals surface area contributed by atoms with E-state index in [1.165, 1.54) is 6.92 Å². The van der Waals surface area contributed by atoms with Crippen molar-refractivity contribution in [3.63, 3.8) is 0 Å². The molecule has 1 rings (SSSR count). The minimum Gasteiger partial charge on any atom is -0.389 e. The predicted octanol–water partition coefficient (Wildman–Crippen LogP) is 1.81. The van der Waals surface area contributed by atoms with E-state index in [0.717, 1.165) is 5.56 Å². The van der Waals surface area contributed by atoms with Crippen LogP contribution in [0.25, 0.3) is 0 Å². The van der Waals surface area contributed by atoms with Crippen molar-refractivity contribution in [1.82, 2.24) is 4.90 Å². The number of nitrogens with zero attached hydrogens (tertiary/aromatic N) is 1. The van der Waals surface area contributed by atoms with E-state index in [1.807, 2.05) is 30.3 Å². The molecule has 1 N–H and O–H groups in total. The molecule has 88 valence electrons. The van der Waals surface area contributed by atoms with Crippen LogP contribution in [0, 0.1) is 0 Å². The lowest BCUT2D eigenvalue weighted by Gasteiger charge is -2.28. The van der Waals surface area contributed by atoms with Gasteiger partial charge < -0.3 is 10.0 Å². The number of hydrogen-bond donors (Lipinski definition) is 1. The normalized spacial score (nSPS) is 11.2. The number of hydrogen-bond acceptors (Lipinski definition) is 2. The third kappa shape index (κ3) is 4.45. The molecule has 0 fully saturated rings. The average Bonchev–Trinajstić information content (AvgIpc) is 2.16. The fraction of sp³-hybridized carbons (Fsp3) is 0.462. The summed E-state index contributed by atoms with van der Waals surface area (Å²) < 4.78 is 0. The maximum atomic E-state index is 11.4. The summed E-state index contributed by atoms with van der Waals surface area (Å²) in [6.07, 6.45) is 0. The van der Waals surface area contributed by atoms with Crippen LogP contribution in [0.5, 0.6) is 0 Å². The third-order valence-corrected chi connectivity index (χ3v) is 2.24. The number of benzene rings is 1. The molecule has 0 saturated carbocycles. The van der Waals surface area contributed by atoms with Gasteiger partial charge in [-0.1, -0.05) is 30.3 Å². The summed E-state index contributed by atoms with van der Waals surface area (Å²) in [4.78, 5) is 13.1. The first-order valence-corrected chi connectivity index (χ1v) is 5.40. The molecule has 0 atom stereocenters. The molecule has 1 aromatic carbocycles. The Labute approximate surface area is 96.7 Å². The zero-order chi connectivity index (χ0) is 12.2. The summed E-state index contributed by atoms with van der Waals surface area (Å²) in [7, 11) is 0. The van der Waals surface area contributed by atoms with E-state index in [0.29, 0.717) is 13.1 Å². The molecule has 0 aromatic heterocycles. The van der Waals surface area contributed by atoms with Crippen molar-refractivity contribution >= 4 is 5.91 Å². The van der Waals surface area contributed by atoms with Gasteiger partial charge in [-0.3, -0.25) is 4.79 Å². The first kappa shape index (κ1) is 12.7. The third-order valence-electron chi connectivity index (χ3n) is 2.24. The average molecular weight is 221 g/mol. The van der Waals surface area contributed by atoms with E-state index in [2.05, 4.69) is 0 Å². The van der Waals surface area contributed by atoms with Gasteiger partial charge in [-0.25, -0.2) is 0 Å². The van der Waals surface area contributed by atoms with Gasteiger partial charge in [0.25, 0.3) is 0 Å². The molecule has 0 bridgehead atoms. The number of carbonyl (C=O) groups excluding carboxylic acids is 1. The van der Waals surface area contributed by atoms with Gasteiger partial charge >= 0.3 is 0 Å². The highest BCUT2D eigenvalue weighted by atomic mass is 16.3. The maximum absolute atomic E-state index is 11.4. The molecule has 16 heavy (non-hydrogen) atoms. The van der Waals surface area contributed by atoms with Crippen LogP contribution in [-0.4, -0.2) is 28.1 Å². The number of aliphatic hydroxyl groups is 1. The highest BCUT2D eigenvalue weighted by molar-refractivity contribution is 5.73. The smallest absolute Gasteiger partial charge is 0.219 e. The highest BCUT2D eigenvalue weighted by Crippen LogP contribution is 2.10. The summed E-state index contributed by atoms with van der Waals surface area (Å²) in [6.45, 7) is 5.81. The van der Waals surface area contributed by atoms with Crippen LogP contribution in [0.3, 0.4) is 0 Å². The highest BCUT2D eigenvalue weighted by Gasteiger charge is 2.20. The molecule has 0 aliphatic carbocycles. The van der Waals surface area contributed by atoms with Gasteiger partial charge in [0.05, 0.1) is 5.60 Å². The Hall–Kier alpha value is -1.35. The summed E-state index contributed by atoms with van der Waals surface area (Å²) in [5, 5.41) is 9.72. The largest absolute Gasteiger partial charge is 0.389 e. The molecule has 0 aliphatic heterocycles. The molecule has 3 nitrogen and oxygen atoms in total. The predicted molar refractivity (Wildman–Crippen MR) is 63.8 cm³/mol. The monoisotopic (exact) mass is 221 g/mol. The molecule has 0 aliphatic rings. The van der Waals surface area contributed by atoms with Crippen LogP contribution < -0.4 is 0 Å². The van der Waals surface area contributed by atoms with Crippen LogP contribution >= 0.6 is 0 Å². The van der Waals surface area contributed by atoms with Crippen LogP contribution in [0.15, 0.2) is 30.3 Å². The van der Waals surface area contributed by atoms with Crippen molar-refractivity contribution in [1.29, 1.82) is 0 Å². The molecule has 0 spiro atoms. The van der Waals surface area contributed by atoms with Crippen molar-refractivity contribution < 1.29 is 9.90 Å². The van der Waals surface area contributed by atoms with E-state index >= 15 is 0 Å². The summed E-state index contributed by atoms with van der Waals surface area (Å²) in [5.74, 6) is -0.0222. The second-order valence-corrected chi connectivity index (χ2v) is 4.67. The first-order valence-electron chi connectivity index (χ1n) is 5.40. The molecule has 0 heterocycles. The SMILES string of the molecule is CC(=O)N(Cc1ccccc1)CC(C)(C)O. The quantitative estimate of drug-likeness (QED) is 0.842. The molecule has 0 unspecified atom stereocenters. The second kappa shape index (κ2) is 5.12. The van der Waals surface area contributed by atoms with Crippen LogP contribution in [0.2, 0.25) is 0 Å². The fourth-order valence-electron chi connectivity index (χ4n) is 1.55. The molecule has 0 saturated heterocycles. The summed E-state index contributed by atoms with van der Waals surface area (Å²) in [5.41, 5.74) is 0.211.